The summed E-state index contributed by atoms with van der Waals surface area (Å²) in [6.07, 6.45) is 0.657. The lowest BCUT2D eigenvalue weighted by molar-refractivity contribution is 0.0140. The molecule has 92 valence electrons. The van der Waals surface area contributed by atoms with Crippen molar-refractivity contribution in [3.63, 3.8) is 0 Å². The summed E-state index contributed by atoms with van der Waals surface area (Å²) in [5.74, 6) is 0. The molecule has 2 bridgehead atoms. The Kier molecular flexibility index (Phi) is 2.84. The summed E-state index contributed by atoms with van der Waals surface area (Å²) in [5.41, 5.74) is -0.457. The number of aliphatic hydroxyl groups is 1. The van der Waals surface area contributed by atoms with Crippen molar-refractivity contribution in [2.45, 2.75) is 50.9 Å². The Balaban J connectivity index is 1.99. The van der Waals surface area contributed by atoms with Gasteiger partial charge in [-0.15, -0.1) is 0 Å². The zero-order valence-corrected chi connectivity index (χ0v) is 10.1. The number of likely N-dealkylation sites (tertiary alicyclic amines) is 1. The van der Waals surface area contributed by atoms with Gasteiger partial charge in [0.15, 0.2) is 0 Å². The van der Waals surface area contributed by atoms with Crippen molar-refractivity contribution in [2.24, 2.45) is 0 Å². The van der Waals surface area contributed by atoms with E-state index >= 15 is 0 Å². The fourth-order valence-corrected chi connectivity index (χ4v) is 2.49. The standard InChI is InChI=1S/C11H20N2O3/c1-11(2,3)16-10(15)13-5-7-4-9(13)8(6-14)12-7/h7-9,12,14H,4-6H2,1-3H3/t7-,8-,9-/m0/s1. The Morgan fingerprint density at radius 3 is 2.75 bits per heavy atom. The third kappa shape index (κ3) is 2.15. The van der Waals surface area contributed by atoms with E-state index in [2.05, 4.69) is 5.32 Å². The molecule has 2 aliphatic heterocycles. The van der Waals surface area contributed by atoms with Crippen LogP contribution in [-0.4, -0.2) is 53.0 Å². The number of hydrogen-bond acceptors (Lipinski definition) is 4. The Labute approximate surface area is 95.8 Å². The van der Waals surface area contributed by atoms with Gasteiger partial charge in [0.1, 0.15) is 5.60 Å². The summed E-state index contributed by atoms with van der Waals surface area (Å²) in [7, 11) is 0. The maximum Gasteiger partial charge on any atom is 0.410 e. The van der Waals surface area contributed by atoms with Crippen LogP contribution in [-0.2, 0) is 4.74 Å². The lowest BCUT2D eigenvalue weighted by atomic mass is 10.1. The topological polar surface area (TPSA) is 61.8 Å². The van der Waals surface area contributed by atoms with Crippen LogP contribution in [0.4, 0.5) is 4.79 Å². The van der Waals surface area contributed by atoms with Gasteiger partial charge in [-0.05, 0) is 27.2 Å². The first kappa shape index (κ1) is 11.7. The molecule has 2 saturated heterocycles. The smallest absolute Gasteiger partial charge is 0.410 e. The van der Waals surface area contributed by atoms with Crippen molar-refractivity contribution in [3.8, 4) is 0 Å². The van der Waals surface area contributed by atoms with Gasteiger partial charge in [0.25, 0.3) is 0 Å². The van der Waals surface area contributed by atoms with E-state index in [0.717, 1.165) is 6.42 Å². The van der Waals surface area contributed by atoms with E-state index < -0.39 is 5.60 Å². The number of piperazine rings is 1. The number of aliphatic hydroxyl groups excluding tert-OH is 1. The molecule has 2 aliphatic rings. The number of hydrogen-bond donors (Lipinski definition) is 2. The third-order valence-electron chi connectivity index (χ3n) is 3.08. The molecule has 16 heavy (non-hydrogen) atoms. The van der Waals surface area contributed by atoms with Gasteiger partial charge in [-0.3, -0.25) is 0 Å². The SMILES string of the molecule is CC(C)(C)OC(=O)N1C[C@@H]2C[C@H]1[C@H](CO)N2. The molecule has 0 aromatic rings. The Hall–Kier alpha value is -0.810. The van der Waals surface area contributed by atoms with Crippen LogP contribution in [0.3, 0.4) is 0 Å². The summed E-state index contributed by atoms with van der Waals surface area (Å²) in [6.45, 7) is 6.35. The van der Waals surface area contributed by atoms with Gasteiger partial charge < -0.3 is 20.1 Å². The summed E-state index contributed by atoms with van der Waals surface area (Å²) >= 11 is 0. The molecule has 5 nitrogen and oxygen atoms in total. The summed E-state index contributed by atoms with van der Waals surface area (Å²) in [5, 5.41) is 12.5. The second kappa shape index (κ2) is 3.89. The number of ether oxygens (including phenoxy) is 1. The van der Waals surface area contributed by atoms with Crippen molar-refractivity contribution in [1.82, 2.24) is 10.2 Å². The lowest BCUT2D eigenvalue weighted by Crippen LogP contribution is -2.55. The molecule has 1 amide bonds. The van der Waals surface area contributed by atoms with Gasteiger partial charge in [0.05, 0.1) is 18.7 Å². The first-order valence-corrected chi connectivity index (χ1v) is 5.77. The highest BCUT2D eigenvalue weighted by atomic mass is 16.6. The average Bonchev–Trinajstić information content (AvgIpc) is 2.72. The van der Waals surface area contributed by atoms with Gasteiger partial charge in [-0.2, -0.15) is 0 Å². The molecule has 0 spiro atoms. The zero-order chi connectivity index (χ0) is 11.9. The quantitative estimate of drug-likeness (QED) is 0.679. The number of rotatable bonds is 1. The molecule has 0 aromatic carbocycles. The molecule has 0 unspecified atom stereocenters. The molecular weight excluding hydrogens is 208 g/mol. The fraction of sp³-hybridized carbons (Fsp3) is 0.909. The summed E-state index contributed by atoms with van der Waals surface area (Å²) < 4.78 is 5.34. The second-order valence-corrected chi connectivity index (χ2v) is 5.59. The molecule has 0 radical (unpaired) electrons. The molecule has 5 heteroatoms. The molecule has 0 aliphatic carbocycles. The number of nitrogens with zero attached hydrogens (tertiary/aromatic N) is 1. The second-order valence-electron chi connectivity index (χ2n) is 5.59. The summed E-state index contributed by atoms with van der Waals surface area (Å²) in [6, 6.07) is 0.408. The maximum absolute atomic E-state index is 11.9. The van der Waals surface area contributed by atoms with E-state index in [4.69, 9.17) is 4.74 Å². The van der Waals surface area contributed by atoms with Crippen LogP contribution < -0.4 is 5.32 Å². The van der Waals surface area contributed by atoms with Gasteiger partial charge in [-0.25, -0.2) is 4.79 Å². The predicted octanol–water partition coefficient (Wildman–Crippen LogP) is 0.329. The molecule has 2 N–H and O–H groups in total. The van der Waals surface area contributed by atoms with E-state index in [1.807, 2.05) is 20.8 Å². The van der Waals surface area contributed by atoms with Crippen molar-refractivity contribution in [1.29, 1.82) is 0 Å². The predicted molar refractivity (Wildman–Crippen MR) is 59.1 cm³/mol. The van der Waals surface area contributed by atoms with Gasteiger partial charge in [-0.1, -0.05) is 0 Å². The van der Waals surface area contributed by atoms with Gasteiger partial charge in [0.2, 0.25) is 0 Å². The van der Waals surface area contributed by atoms with Crippen LogP contribution >= 0.6 is 0 Å². The minimum absolute atomic E-state index is 0.00580. The third-order valence-corrected chi connectivity index (χ3v) is 3.08. The number of nitrogens with one attached hydrogen (secondary N) is 1. The van der Waals surface area contributed by atoms with Crippen molar-refractivity contribution >= 4 is 6.09 Å². The number of carbonyl (C=O) groups excluding carboxylic acids is 1. The molecule has 2 heterocycles. The van der Waals surface area contributed by atoms with Crippen molar-refractivity contribution in [2.75, 3.05) is 13.2 Å². The molecule has 2 fully saturated rings. The molecule has 2 rings (SSSR count). The molecule has 0 aromatic heterocycles. The first-order chi connectivity index (χ1) is 7.40. The Morgan fingerprint density at radius 2 is 2.25 bits per heavy atom. The highest BCUT2D eigenvalue weighted by molar-refractivity contribution is 5.69. The minimum Gasteiger partial charge on any atom is -0.444 e. The van der Waals surface area contributed by atoms with E-state index in [-0.39, 0.29) is 24.8 Å². The van der Waals surface area contributed by atoms with Gasteiger partial charge >= 0.3 is 6.09 Å². The van der Waals surface area contributed by atoms with E-state index in [9.17, 15) is 9.90 Å². The van der Waals surface area contributed by atoms with Gasteiger partial charge in [0, 0.05) is 12.6 Å². The van der Waals surface area contributed by atoms with Crippen LogP contribution in [0.15, 0.2) is 0 Å². The van der Waals surface area contributed by atoms with Crippen LogP contribution in [0.25, 0.3) is 0 Å². The zero-order valence-electron chi connectivity index (χ0n) is 10.1. The Morgan fingerprint density at radius 1 is 1.56 bits per heavy atom. The van der Waals surface area contributed by atoms with Crippen molar-refractivity contribution < 1.29 is 14.6 Å². The van der Waals surface area contributed by atoms with E-state index in [0.29, 0.717) is 12.6 Å². The number of amides is 1. The van der Waals surface area contributed by atoms with Crippen molar-refractivity contribution in [3.05, 3.63) is 0 Å². The average molecular weight is 228 g/mol. The van der Waals surface area contributed by atoms with E-state index in [1.165, 1.54) is 0 Å². The van der Waals surface area contributed by atoms with Crippen LogP contribution in [0.5, 0.6) is 0 Å². The molecular formula is C11H20N2O3. The largest absolute Gasteiger partial charge is 0.444 e. The fourth-order valence-electron chi connectivity index (χ4n) is 2.49. The lowest BCUT2D eigenvalue weighted by Gasteiger charge is -2.34. The summed E-state index contributed by atoms with van der Waals surface area (Å²) in [4.78, 5) is 13.6. The van der Waals surface area contributed by atoms with Crippen LogP contribution in [0, 0.1) is 0 Å². The maximum atomic E-state index is 11.9. The van der Waals surface area contributed by atoms with Crippen LogP contribution in [0.1, 0.15) is 27.2 Å². The van der Waals surface area contributed by atoms with E-state index in [1.54, 1.807) is 4.90 Å². The number of fused-ring (bicyclic) bond motifs is 2. The highest BCUT2D eigenvalue weighted by Crippen LogP contribution is 2.29. The Bertz CT molecular complexity index is 287. The normalized spacial score (nSPS) is 33.2. The molecule has 0 saturated carbocycles. The first-order valence-electron chi connectivity index (χ1n) is 5.77. The number of carbonyl (C=O) groups is 1. The highest BCUT2D eigenvalue weighted by Gasteiger charge is 2.47. The minimum atomic E-state index is -0.457. The molecule has 3 atom stereocenters. The van der Waals surface area contributed by atoms with Crippen LogP contribution in [0.2, 0.25) is 0 Å². The monoisotopic (exact) mass is 228 g/mol.